The largest absolute Gasteiger partial charge is 0.447 e. The van der Waals surface area contributed by atoms with Gasteiger partial charge in [-0.3, -0.25) is 0 Å². The van der Waals surface area contributed by atoms with Crippen LogP contribution in [0.25, 0.3) is 0 Å². The monoisotopic (exact) mass is 340 g/mol. The van der Waals surface area contributed by atoms with Gasteiger partial charge in [0, 0.05) is 10.0 Å². The van der Waals surface area contributed by atoms with Crippen LogP contribution in [0.15, 0.2) is 40.9 Å². The maximum absolute atomic E-state index is 12.0. The van der Waals surface area contributed by atoms with Gasteiger partial charge in [-0.15, -0.1) is 0 Å². The van der Waals surface area contributed by atoms with Crippen LogP contribution >= 0.6 is 15.9 Å². The number of benzene rings is 1. The molecule has 0 aliphatic carbocycles. The normalized spacial score (nSPS) is 11.6. The van der Waals surface area contributed by atoms with Gasteiger partial charge in [0.05, 0.1) is 0 Å². The molecule has 108 valence electrons. The van der Waals surface area contributed by atoms with Crippen molar-refractivity contribution in [3.8, 4) is 5.75 Å². The number of hydrogen-bond acceptors (Lipinski definition) is 4. The Morgan fingerprint density at radius 3 is 2.40 bits per heavy atom. The summed E-state index contributed by atoms with van der Waals surface area (Å²) in [5.74, 6) is -0.759. The van der Waals surface area contributed by atoms with Crippen molar-refractivity contribution in [3.05, 3.63) is 40.9 Å². The summed E-state index contributed by atoms with van der Waals surface area (Å²) in [6.45, 7) is 6.92. The van der Waals surface area contributed by atoms with E-state index in [0.717, 1.165) is 4.47 Å². The van der Waals surface area contributed by atoms with E-state index in [1.165, 1.54) is 6.92 Å². The molecular formula is C15H17BrO4. The average molecular weight is 341 g/mol. The van der Waals surface area contributed by atoms with Crippen LogP contribution in [0.2, 0.25) is 0 Å². The lowest BCUT2D eigenvalue weighted by Crippen LogP contribution is -2.31. The molecule has 0 N–H and O–H groups in total. The molecule has 0 aromatic heterocycles. The van der Waals surface area contributed by atoms with Gasteiger partial charge < -0.3 is 9.47 Å². The molecule has 4 nitrogen and oxygen atoms in total. The molecular weight excluding hydrogens is 324 g/mol. The van der Waals surface area contributed by atoms with Gasteiger partial charge in [0.15, 0.2) is 6.10 Å². The molecule has 0 amide bonds. The van der Waals surface area contributed by atoms with Crippen molar-refractivity contribution in [2.75, 3.05) is 0 Å². The first kappa shape index (κ1) is 16.4. The Kier molecular flexibility index (Phi) is 6.45. The van der Waals surface area contributed by atoms with Gasteiger partial charge in [0.25, 0.3) is 0 Å². The van der Waals surface area contributed by atoms with E-state index in [9.17, 15) is 9.59 Å². The highest BCUT2D eigenvalue weighted by Gasteiger charge is 2.24. The summed E-state index contributed by atoms with van der Waals surface area (Å²) < 4.78 is 11.2. The Morgan fingerprint density at radius 1 is 1.30 bits per heavy atom. The zero-order chi connectivity index (χ0) is 15.1. The minimum absolute atomic E-state index is 0.252. The maximum atomic E-state index is 12.0. The fraction of sp³-hybridized carbons (Fsp3) is 0.333. The van der Waals surface area contributed by atoms with Gasteiger partial charge in [0.1, 0.15) is 5.75 Å². The van der Waals surface area contributed by atoms with E-state index in [2.05, 4.69) is 22.5 Å². The fourth-order valence-electron chi connectivity index (χ4n) is 1.40. The van der Waals surface area contributed by atoms with Crippen LogP contribution in [-0.4, -0.2) is 18.0 Å². The summed E-state index contributed by atoms with van der Waals surface area (Å²) in [7, 11) is 0. The van der Waals surface area contributed by atoms with Gasteiger partial charge in [-0.1, -0.05) is 35.9 Å². The molecule has 0 bridgehead atoms. The molecule has 0 spiro atoms. The lowest BCUT2D eigenvalue weighted by atomic mass is 10.2. The quantitative estimate of drug-likeness (QED) is 0.450. The van der Waals surface area contributed by atoms with Crippen LogP contribution < -0.4 is 4.74 Å². The summed E-state index contributed by atoms with van der Waals surface area (Å²) in [5.41, 5.74) is 0.252. The third-order valence-electron chi connectivity index (χ3n) is 2.44. The molecule has 0 heterocycles. The van der Waals surface area contributed by atoms with E-state index in [0.29, 0.717) is 18.6 Å². The second-order valence-electron chi connectivity index (χ2n) is 4.34. The second-order valence-corrected chi connectivity index (χ2v) is 5.25. The second kappa shape index (κ2) is 7.85. The number of rotatable bonds is 6. The molecule has 0 aliphatic rings. The third-order valence-corrected chi connectivity index (χ3v) is 2.97. The van der Waals surface area contributed by atoms with Crippen LogP contribution in [-0.2, 0) is 14.3 Å². The minimum Gasteiger partial charge on any atom is -0.447 e. The molecule has 1 atom stereocenters. The number of halogens is 1. The van der Waals surface area contributed by atoms with Crippen molar-refractivity contribution in [3.63, 3.8) is 0 Å². The average Bonchev–Trinajstić information content (AvgIpc) is 2.40. The number of carbonyl (C=O) groups is 2. The van der Waals surface area contributed by atoms with E-state index in [1.807, 2.05) is 6.92 Å². The zero-order valence-electron chi connectivity index (χ0n) is 11.5. The smallest absolute Gasteiger partial charge is 0.352 e. The summed E-state index contributed by atoms with van der Waals surface area (Å²) >= 11 is 3.29. The van der Waals surface area contributed by atoms with Gasteiger partial charge in [-0.25, -0.2) is 9.59 Å². The molecule has 20 heavy (non-hydrogen) atoms. The SMILES string of the molecule is C=C(C)C(=O)OC(CCC)C(=O)Oc1ccc(Br)cc1. The van der Waals surface area contributed by atoms with Crippen molar-refractivity contribution < 1.29 is 19.1 Å². The number of ether oxygens (including phenoxy) is 2. The van der Waals surface area contributed by atoms with E-state index in [-0.39, 0.29) is 5.57 Å². The fourth-order valence-corrected chi connectivity index (χ4v) is 1.67. The van der Waals surface area contributed by atoms with Crippen molar-refractivity contribution in [2.45, 2.75) is 32.8 Å². The van der Waals surface area contributed by atoms with E-state index < -0.39 is 18.0 Å². The molecule has 0 radical (unpaired) electrons. The van der Waals surface area contributed by atoms with Crippen molar-refractivity contribution in [1.29, 1.82) is 0 Å². The first-order chi connectivity index (χ1) is 9.43. The van der Waals surface area contributed by atoms with Crippen LogP contribution in [0.3, 0.4) is 0 Å². The van der Waals surface area contributed by atoms with Crippen LogP contribution in [0, 0.1) is 0 Å². The lowest BCUT2D eigenvalue weighted by molar-refractivity contribution is -0.159. The van der Waals surface area contributed by atoms with Crippen LogP contribution in [0.5, 0.6) is 5.75 Å². The predicted octanol–water partition coefficient (Wildman–Crippen LogP) is 3.64. The first-order valence-electron chi connectivity index (χ1n) is 6.27. The molecule has 1 unspecified atom stereocenters. The van der Waals surface area contributed by atoms with Crippen LogP contribution in [0.1, 0.15) is 26.7 Å². The maximum Gasteiger partial charge on any atom is 0.352 e. The van der Waals surface area contributed by atoms with E-state index >= 15 is 0 Å². The highest BCUT2D eigenvalue weighted by molar-refractivity contribution is 9.10. The Labute approximate surface area is 126 Å². The van der Waals surface area contributed by atoms with Gasteiger partial charge >= 0.3 is 11.9 Å². The van der Waals surface area contributed by atoms with E-state index in [4.69, 9.17) is 9.47 Å². The Bertz CT molecular complexity index is 493. The van der Waals surface area contributed by atoms with Crippen molar-refractivity contribution in [1.82, 2.24) is 0 Å². The Morgan fingerprint density at radius 2 is 1.90 bits per heavy atom. The van der Waals surface area contributed by atoms with Crippen molar-refractivity contribution in [2.24, 2.45) is 0 Å². The highest BCUT2D eigenvalue weighted by Crippen LogP contribution is 2.18. The summed E-state index contributed by atoms with van der Waals surface area (Å²) in [5, 5.41) is 0. The molecule has 1 aromatic carbocycles. The molecule has 0 aliphatic heterocycles. The molecule has 0 saturated heterocycles. The Hall–Kier alpha value is -1.62. The van der Waals surface area contributed by atoms with Crippen LogP contribution in [0.4, 0.5) is 0 Å². The molecule has 0 fully saturated rings. The number of esters is 2. The van der Waals surface area contributed by atoms with Crippen molar-refractivity contribution >= 4 is 27.9 Å². The lowest BCUT2D eigenvalue weighted by Gasteiger charge is -2.16. The third kappa shape index (κ3) is 5.17. The molecule has 5 heteroatoms. The topological polar surface area (TPSA) is 52.6 Å². The van der Waals surface area contributed by atoms with Gasteiger partial charge in [-0.2, -0.15) is 0 Å². The van der Waals surface area contributed by atoms with Gasteiger partial charge in [-0.05, 0) is 37.6 Å². The predicted molar refractivity (Wildman–Crippen MR) is 79.4 cm³/mol. The highest BCUT2D eigenvalue weighted by atomic mass is 79.9. The standard InChI is InChI=1S/C15H17BrO4/c1-4-5-13(20-14(17)10(2)3)15(18)19-12-8-6-11(16)7-9-12/h6-9,13H,2,4-5H2,1,3H3. The van der Waals surface area contributed by atoms with E-state index in [1.54, 1.807) is 24.3 Å². The zero-order valence-corrected chi connectivity index (χ0v) is 13.1. The van der Waals surface area contributed by atoms with Gasteiger partial charge in [0.2, 0.25) is 0 Å². The number of hydrogen-bond donors (Lipinski definition) is 0. The summed E-state index contributed by atoms with van der Waals surface area (Å²) in [6, 6.07) is 6.84. The first-order valence-corrected chi connectivity index (χ1v) is 7.07. The molecule has 1 rings (SSSR count). The number of carbonyl (C=O) groups excluding carboxylic acids is 2. The summed E-state index contributed by atoms with van der Waals surface area (Å²) in [4.78, 5) is 23.5. The molecule has 0 saturated carbocycles. The molecule has 1 aromatic rings. The minimum atomic E-state index is -0.909. The Balaban J connectivity index is 2.70. The summed E-state index contributed by atoms with van der Waals surface area (Å²) in [6.07, 6.45) is 0.200.